The monoisotopic (exact) mass is 272 g/mol. The van der Waals surface area contributed by atoms with Gasteiger partial charge in [-0.2, -0.15) is 0 Å². The van der Waals surface area contributed by atoms with Crippen molar-refractivity contribution >= 4 is 11.6 Å². The average Bonchev–Trinajstić information content (AvgIpc) is 2.94. The second-order valence-corrected chi connectivity index (χ2v) is 5.59. The molecule has 98 valence electrons. The van der Waals surface area contributed by atoms with Crippen molar-refractivity contribution in [2.24, 2.45) is 0 Å². The minimum atomic E-state index is -0.00620. The van der Waals surface area contributed by atoms with E-state index in [2.05, 4.69) is 49.4 Å². The lowest BCUT2D eigenvalue weighted by Crippen LogP contribution is -2.03. The molecule has 1 aliphatic heterocycles. The Balaban J connectivity index is 1.86. The third-order valence-corrected chi connectivity index (χ3v) is 4.46. The maximum Gasteiger partial charge on any atom is 0.0725 e. The van der Waals surface area contributed by atoms with Crippen molar-refractivity contribution in [1.82, 2.24) is 0 Å². The number of benzene rings is 2. The minimum Gasteiger partial charge on any atom is -0.372 e. The maximum atomic E-state index is 6.65. The number of hydrogen-bond donors (Lipinski definition) is 0. The van der Waals surface area contributed by atoms with Gasteiger partial charge in [0.25, 0.3) is 0 Å². The molecule has 0 spiro atoms. The predicted octanol–water partition coefficient (Wildman–Crippen LogP) is 4.80. The zero-order valence-corrected chi connectivity index (χ0v) is 11.7. The Morgan fingerprint density at radius 3 is 2.47 bits per heavy atom. The summed E-state index contributed by atoms with van der Waals surface area (Å²) in [5, 5.41) is -0.00620. The summed E-state index contributed by atoms with van der Waals surface area (Å²) < 4.78 is 5.45. The third kappa shape index (κ3) is 2.54. The maximum absolute atomic E-state index is 6.65. The van der Waals surface area contributed by atoms with E-state index >= 15 is 0 Å². The summed E-state index contributed by atoms with van der Waals surface area (Å²) in [6, 6.07) is 16.9. The molecule has 0 amide bonds. The first-order valence-electron chi connectivity index (χ1n) is 6.64. The van der Waals surface area contributed by atoms with Crippen LogP contribution in [0.25, 0.3) is 0 Å². The molecule has 0 saturated carbocycles. The van der Waals surface area contributed by atoms with Crippen molar-refractivity contribution < 1.29 is 4.74 Å². The van der Waals surface area contributed by atoms with Gasteiger partial charge in [0.15, 0.2) is 0 Å². The second kappa shape index (κ2) is 5.36. The zero-order chi connectivity index (χ0) is 13.2. The van der Waals surface area contributed by atoms with Gasteiger partial charge in [0, 0.05) is 5.92 Å². The molecule has 2 aromatic rings. The Morgan fingerprint density at radius 2 is 1.68 bits per heavy atom. The highest BCUT2D eigenvalue weighted by molar-refractivity contribution is 6.21. The molecule has 1 nitrogen and oxygen atoms in total. The molecular weight excluding hydrogens is 256 g/mol. The quantitative estimate of drug-likeness (QED) is 0.729. The largest absolute Gasteiger partial charge is 0.372 e. The van der Waals surface area contributed by atoms with E-state index in [1.54, 1.807) is 0 Å². The summed E-state index contributed by atoms with van der Waals surface area (Å²) in [4.78, 5) is 0. The third-order valence-electron chi connectivity index (χ3n) is 3.83. The van der Waals surface area contributed by atoms with Crippen LogP contribution in [0.5, 0.6) is 0 Å². The molecule has 1 heterocycles. The molecule has 2 heteroatoms. The van der Waals surface area contributed by atoms with E-state index in [1.165, 1.54) is 22.3 Å². The molecule has 0 bridgehead atoms. The number of halogens is 1. The van der Waals surface area contributed by atoms with Crippen molar-refractivity contribution in [1.29, 1.82) is 0 Å². The van der Waals surface area contributed by atoms with Gasteiger partial charge in [-0.1, -0.05) is 55.5 Å². The number of hydrogen-bond acceptors (Lipinski definition) is 1. The summed E-state index contributed by atoms with van der Waals surface area (Å²) in [6.45, 7) is 3.63. The Bertz CT molecular complexity index is 565. The fourth-order valence-electron chi connectivity index (χ4n) is 2.58. The van der Waals surface area contributed by atoms with E-state index in [4.69, 9.17) is 16.3 Å². The SMILES string of the molecule is CC(c1ccccc1)C(Cl)c1ccc2c(c1)COC2. The van der Waals surface area contributed by atoms with Gasteiger partial charge in [0.2, 0.25) is 0 Å². The standard InChI is InChI=1S/C17H17ClO/c1-12(13-5-3-2-4-6-13)17(18)14-7-8-15-10-19-11-16(15)9-14/h2-9,12,17H,10-11H2,1H3. The summed E-state index contributed by atoms with van der Waals surface area (Å²) in [5.41, 5.74) is 5.03. The molecule has 0 aliphatic carbocycles. The summed E-state index contributed by atoms with van der Waals surface area (Å²) >= 11 is 6.65. The van der Waals surface area contributed by atoms with Crippen molar-refractivity contribution in [3.05, 3.63) is 70.8 Å². The first-order chi connectivity index (χ1) is 9.25. The number of ether oxygens (including phenoxy) is 1. The van der Waals surface area contributed by atoms with Crippen LogP contribution in [0.4, 0.5) is 0 Å². The van der Waals surface area contributed by atoms with Crippen LogP contribution >= 0.6 is 11.6 Å². The summed E-state index contributed by atoms with van der Waals surface area (Å²) in [7, 11) is 0. The molecule has 0 aromatic heterocycles. The lowest BCUT2D eigenvalue weighted by molar-refractivity contribution is 0.134. The van der Waals surface area contributed by atoms with Gasteiger partial charge in [-0.3, -0.25) is 0 Å². The molecule has 1 aliphatic rings. The van der Waals surface area contributed by atoms with Crippen LogP contribution in [0, 0.1) is 0 Å². The van der Waals surface area contributed by atoms with Crippen LogP contribution in [0.1, 0.15) is 40.5 Å². The minimum absolute atomic E-state index is 0.00620. The topological polar surface area (TPSA) is 9.23 Å². The summed E-state index contributed by atoms with van der Waals surface area (Å²) in [5.74, 6) is 0.295. The molecular formula is C17H17ClO. The van der Waals surface area contributed by atoms with E-state index in [-0.39, 0.29) is 5.38 Å². The molecule has 0 fully saturated rings. The first kappa shape index (κ1) is 12.7. The van der Waals surface area contributed by atoms with Gasteiger partial charge in [-0.25, -0.2) is 0 Å². The molecule has 0 saturated heterocycles. The zero-order valence-electron chi connectivity index (χ0n) is 11.0. The Labute approximate surface area is 119 Å². The smallest absolute Gasteiger partial charge is 0.0725 e. The Kier molecular flexibility index (Phi) is 3.58. The predicted molar refractivity (Wildman–Crippen MR) is 78.4 cm³/mol. The second-order valence-electron chi connectivity index (χ2n) is 5.12. The lowest BCUT2D eigenvalue weighted by Gasteiger charge is -2.19. The van der Waals surface area contributed by atoms with Crippen molar-refractivity contribution in [3.63, 3.8) is 0 Å². The van der Waals surface area contributed by atoms with Gasteiger partial charge in [0.05, 0.1) is 18.6 Å². The van der Waals surface area contributed by atoms with Gasteiger partial charge >= 0.3 is 0 Å². The van der Waals surface area contributed by atoms with Crippen LogP contribution in [-0.2, 0) is 18.0 Å². The van der Waals surface area contributed by atoms with Crippen LogP contribution in [0.2, 0.25) is 0 Å². The van der Waals surface area contributed by atoms with Gasteiger partial charge in [0.1, 0.15) is 0 Å². The first-order valence-corrected chi connectivity index (χ1v) is 7.08. The lowest BCUT2D eigenvalue weighted by atomic mass is 9.92. The molecule has 2 atom stereocenters. The normalized spacial score (nSPS) is 16.9. The average molecular weight is 273 g/mol. The number of fused-ring (bicyclic) bond motifs is 1. The molecule has 19 heavy (non-hydrogen) atoms. The number of rotatable bonds is 3. The van der Waals surface area contributed by atoms with Crippen LogP contribution < -0.4 is 0 Å². The highest BCUT2D eigenvalue weighted by atomic mass is 35.5. The van der Waals surface area contributed by atoms with Crippen LogP contribution in [0.3, 0.4) is 0 Å². The van der Waals surface area contributed by atoms with Crippen molar-refractivity contribution in [3.8, 4) is 0 Å². The fraction of sp³-hybridized carbons (Fsp3) is 0.294. The van der Waals surface area contributed by atoms with Crippen molar-refractivity contribution in [2.45, 2.75) is 31.4 Å². The van der Waals surface area contributed by atoms with Gasteiger partial charge in [-0.05, 0) is 22.3 Å². The molecule has 2 aromatic carbocycles. The van der Waals surface area contributed by atoms with Crippen LogP contribution in [0.15, 0.2) is 48.5 Å². The highest BCUT2D eigenvalue weighted by Gasteiger charge is 2.20. The Morgan fingerprint density at radius 1 is 0.947 bits per heavy atom. The summed E-state index contributed by atoms with van der Waals surface area (Å²) in [6.07, 6.45) is 0. The van der Waals surface area contributed by atoms with E-state index in [9.17, 15) is 0 Å². The highest BCUT2D eigenvalue weighted by Crippen LogP contribution is 2.37. The molecule has 3 rings (SSSR count). The van der Waals surface area contributed by atoms with E-state index < -0.39 is 0 Å². The molecule has 2 unspecified atom stereocenters. The fourth-order valence-corrected chi connectivity index (χ4v) is 2.86. The van der Waals surface area contributed by atoms with Gasteiger partial charge < -0.3 is 4.74 Å². The van der Waals surface area contributed by atoms with Crippen LogP contribution in [-0.4, -0.2) is 0 Å². The van der Waals surface area contributed by atoms with Gasteiger partial charge in [-0.15, -0.1) is 11.6 Å². The number of alkyl halides is 1. The molecule has 0 radical (unpaired) electrons. The van der Waals surface area contributed by atoms with E-state index in [0.29, 0.717) is 12.5 Å². The van der Waals surface area contributed by atoms with E-state index in [0.717, 1.165) is 6.61 Å². The van der Waals surface area contributed by atoms with Crippen molar-refractivity contribution in [2.75, 3.05) is 0 Å². The van der Waals surface area contributed by atoms with E-state index in [1.807, 2.05) is 6.07 Å². The Hall–Kier alpha value is -1.31. The molecule has 0 N–H and O–H groups in total.